The van der Waals surface area contributed by atoms with E-state index in [1.165, 1.54) is 16.2 Å². The molecule has 0 saturated heterocycles. The average Bonchev–Trinajstić information content (AvgIpc) is 2.71. The Morgan fingerprint density at radius 3 is 2.60 bits per heavy atom. The Balaban J connectivity index is 2.35. The zero-order chi connectivity index (χ0) is 11.0. The van der Waals surface area contributed by atoms with Crippen LogP contribution >= 0.6 is 50.2 Å². The van der Waals surface area contributed by atoms with Gasteiger partial charge in [0.25, 0.3) is 0 Å². The molecular weight excluding hydrogens is 316 g/mol. The molecule has 1 nitrogen and oxygen atoms in total. The van der Waals surface area contributed by atoms with Crippen LogP contribution in [0.15, 0.2) is 22.7 Å². The van der Waals surface area contributed by atoms with Gasteiger partial charge in [0.1, 0.15) is 6.10 Å². The molecule has 1 unspecified atom stereocenters. The highest BCUT2D eigenvalue weighted by atomic mass is 79.9. The molecule has 1 atom stereocenters. The number of aryl methyl sites for hydroxylation is 1. The van der Waals surface area contributed by atoms with E-state index in [4.69, 9.17) is 11.6 Å². The number of aliphatic hydroxyl groups is 1. The van der Waals surface area contributed by atoms with Crippen molar-refractivity contribution < 1.29 is 5.11 Å². The normalized spacial score (nSPS) is 13.1. The Bertz CT molecular complexity index is 477. The molecule has 0 aliphatic rings. The van der Waals surface area contributed by atoms with Crippen LogP contribution in [0.5, 0.6) is 0 Å². The fraction of sp³-hybridized carbons (Fsp3) is 0.200. The van der Waals surface area contributed by atoms with Gasteiger partial charge in [-0.1, -0.05) is 11.6 Å². The molecule has 0 aliphatic carbocycles. The standard InChI is InChI=1S/C10H8BrClOS2/c1-5-4-6(11)10(14-5)9(13)7-2-3-8(12)15-7/h2-4,9,13H,1H3. The second-order valence-electron chi connectivity index (χ2n) is 3.11. The molecule has 0 spiro atoms. The van der Waals surface area contributed by atoms with E-state index in [1.54, 1.807) is 17.4 Å². The van der Waals surface area contributed by atoms with Gasteiger partial charge in [0, 0.05) is 14.2 Å². The molecule has 80 valence electrons. The maximum Gasteiger partial charge on any atom is 0.123 e. The molecule has 0 bridgehead atoms. The lowest BCUT2D eigenvalue weighted by atomic mass is 10.2. The quantitative estimate of drug-likeness (QED) is 0.855. The molecule has 2 heterocycles. The number of rotatable bonds is 2. The highest BCUT2D eigenvalue weighted by Gasteiger charge is 2.17. The first-order chi connectivity index (χ1) is 7.08. The summed E-state index contributed by atoms with van der Waals surface area (Å²) in [6.07, 6.45) is -0.574. The summed E-state index contributed by atoms with van der Waals surface area (Å²) in [4.78, 5) is 2.99. The third-order valence-corrected chi connectivity index (χ3v) is 5.25. The minimum Gasteiger partial charge on any atom is -0.382 e. The maximum atomic E-state index is 10.1. The van der Waals surface area contributed by atoms with Gasteiger partial charge in [0.15, 0.2) is 0 Å². The summed E-state index contributed by atoms with van der Waals surface area (Å²) in [5.74, 6) is 0. The van der Waals surface area contributed by atoms with Gasteiger partial charge in [-0.3, -0.25) is 0 Å². The second kappa shape index (κ2) is 4.55. The van der Waals surface area contributed by atoms with Gasteiger partial charge >= 0.3 is 0 Å². The van der Waals surface area contributed by atoms with Crippen molar-refractivity contribution in [3.63, 3.8) is 0 Å². The Kier molecular flexibility index (Phi) is 3.52. The smallest absolute Gasteiger partial charge is 0.123 e. The van der Waals surface area contributed by atoms with Crippen LogP contribution < -0.4 is 0 Å². The van der Waals surface area contributed by atoms with E-state index >= 15 is 0 Å². The van der Waals surface area contributed by atoms with E-state index in [-0.39, 0.29) is 0 Å². The fourth-order valence-electron chi connectivity index (χ4n) is 1.29. The number of halogens is 2. The predicted molar refractivity (Wildman–Crippen MR) is 70.1 cm³/mol. The van der Waals surface area contributed by atoms with Crippen molar-refractivity contribution in [2.24, 2.45) is 0 Å². The highest BCUT2D eigenvalue weighted by Crippen LogP contribution is 2.38. The molecule has 0 aliphatic heterocycles. The molecule has 2 aromatic heterocycles. The summed E-state index contributed by atoms with van der Waals surface area (Å²) in [7, 11) is 0. The lowest BCUT2D eigenvalue weighted by Crippen LogP contribution is -1.93. The number of thiophene rings is 2. The minimum absolute atomic E-state index is 0.574. The lowest BCUT2D eigenvalue weighted by Gasteiger charge is -2.06. The molecule has 15 heavy (non-hydrogen) atoms. The third kappa shape index (κ3) is 2.45. The second-order valence-corrected chi connectivity index (χ2v) is 7.00. The topological polar surface area (TPSA) is 20.2 Å². The minimum atomic E-state index is -0.574. The SMILES string of the molecule is Cc1cc(Br)c(C(O)c2ccc(Cl)s2)s1. The Hall–Kier alpha value is 0.130. The first-order valence-electron chi connectivity index (χ1n) is 4.27. The number of hydrogen-bond acceptors (Lipinski definition) is 3. The summed E-state index contributed by atoms with van der Waals surface area (Å²) in [5.41, 5.74) is 0. The van der Waals surface area contributed by atoms with Crippen LogP contribution in [-0.2, 0) is 0 Å². The molecule has 5 heteroatoms. The van der Waals surface area contributed by atoms with E-state index in [0.717, 1.165) is 14.2 Å². The van der Waals surface area contributed by atoms with E-state index in [2.05, 4.69) is 15.9 Å². The van der Waals surface area contributed by atoms with Crippen molar-refractivity contribution >= 4 is 50.2 Å². The molecule has 1 N–H and O–H groups in total. The average molecular weight is 324 g/mol. The van der Waals surface area contributed by atoms with Crippen molar-refractivity contribution in [2.75, 3.05) is 0 Å². The van der Waals surface area contributed by atoms with Crippen LogP contribution in [0.2, 0.25) is 4.34 Å². The summed E-state index contributed by atoms with van der Waals surface area (Å²) >= 11 is 12.3. The third-order valence-electron chi connectivity index (χ3n) is 1.95. The first-order valence-corrected chi connectivity index (χ1v) is 7.07. The van der Waals surface area contributed by atoms with Crippen molar-refractivity contribution in [1.29, 1.82) is 0 Å². The van der Waals surface area contributed by atoms with Crippen molar-refractivity contribution in [3.05, 3.63) is 41.6 Å². The van der Waals surface area contributed by atoms with Crippen LogP contribution in [0, 0.1) is 6.92 Å². The summed E-state index contributed by atoms with van der Waals surface area (Å²) in [6, 6.07) is 5.68. The van der Waals surface area contributed by atoms with E-state index in [0.29, 0.717) is 4.34 Å². The van der Waals surface area contributed by atoms with E-state index in [9.17, 15) is 5.11 Å². The van der Waals surface area contributed by atoms with Gasteiger partial charge < -0.3 is 5.11 Å². The van der Waals surface area contributed by atoms with Crippen LogP contribution in [0.25, 0.3) is 0 Å². The van der Waals surface area contributed by atoms with Crippen molar-refractivity contribution in [3.8, 4) is 0 Å². The van der Waals surface area contributed by atoms with Gasteiger partial charge in [-0.2, -0.15) is 0 Å². The Labute approximate surface area is 109 Å². The highest BCUT2D eigenvalue weighted by molar-refractivity contribution is 9.10. The fourth-order valence-corrected chi connectivity index (χ4v) is 4.30. The Morgan fingerprint density at radius 1 is 1.40 bits per heavy atom. The first kappa shape index (κ1) is 11.6. The van der Waals surface area contributed by atoms with Crippen LogP contribution in [0.1, 0.15) is 20.7 Å². The molecule has 0 aromatic carbocycles. The van der Waals surface area contributed by atoms with Crippen LogP contribution in [-0.4, -0.2) is 5.11 Å². The molecule has 2 rings (SSSR count). The predicted octanol–water partition coefficient (Wildman–Crippen LogP) is 4.62. The van der Waals surface area contributed by atoms with Crippen molar-refractivity contribution in [1.82, 2.24) is 0 Å². The lowest BCUT2D eigenvalue weighted by molar-refractivity contribution is 0.227. The van der Waals surface area contributed by atoms with E-state index in [1.807, 2.05) is 19.1 Å². The van der Waals surface area contributed by atoms with Gasteiger partial charge in [-0.15, -0.1) is 22.7 Å². The number of hydrogen-bond donors (Lipinski definition) is 1. The number of aliphatic hydroxyl groups excluding tert-OH is 1. The molecule has 0 amide bonds. The van der Waals surface area contributed by atoms with Crippen molar-refractivity contribution in [2.45, 2.75) is 13.0 Å². The molecule has 2 aromatic rings. The zero-order valence-electron chi connectivity index (χ0n) is 7.83. The largest absolute Gasteiger partial charge is 0.382 e. The molecular formula is C10H8BrClOS2. The van der Waals surface area contributed by atoms with E-state index < -0.39 is 6.10 Å². The maximum absolute atomic E-state index is 10.1. The van der Waals surface area contributed by atoms with Crippen LogP contribution in [0.3, 0.4) is 0 Å². The van der Waals surface area contributed by atoms with Gasteiger partial charge in [-0.05, 0) is 41.1 Å². The monoisotopic (exact) mass is 322 g/mol. The molecule has 0 radical (unpaired) electrons. The molecule has 0 saturated carbocycles. The van der Waals surface area contributed by atoms with Gasteiger partial charge in [0.2, 0.25) is 0 Å². The zero-order valence-corrected chi connectivity index (χ0v) is 11.8. The van der Waals surface area contributed by atoms with Gasteiger partial charge in [0.05, 0.1) is 9.21 Å². The Morgan fingerprint density at radius 2 is 2.13 bits per heavy atom. The summed E-state index contributed by atoms with van der Waals surface area (Å²) in [6.45, 7) is 2.02. The molecule has 0 fully saturated rings. The summed E-state index contributed by atoms with van der Waals surface area (Å²) < 4.78 is 1.66. The van der Waals surface area contributed by atoms with Crippen LogP contribution in [0.4, 0.5) is 0 Å². The summed E-state index contributed by atoms with van der Waals surface area (Å²) in [5, 5.41) is 10.1. The van der Waals surface area contributed by atoms with Gasteiger partial charge in [-0.25, -0.2) is 0 Å².